The van der Waals surface area contributed by atoms with Gasteiger partial charge in [-0.1, -0.05) is 29.8 Å². The molecule has 5 heteroatoms. The number of fused-ring (bicyclic) bond motifs is 1. The lowest BCUT2D eigenvalue weighted by Crippen LogP contribution is -2.25. The van der Waals surface area contributed by atoms with Crippen LogP contribution in [0.15, 0.2) is 48.5 Å². The highest BCUT2D eigenvalue weighted by atomic mass is 16.5. The number of rotatable bonds is 6. The zero-order valence-electron chi connectivity index (χ0n) is 14.0. The summed E-state index contributed by atoms with van der Waals surface area (Å²) >= 11 is 0. The molecule has 2 aromatic carbocycles. The van der Waals surface area contributed by atoms with E-state index in [-0.39, 0.29) is 5.91 Å². The van der Waals surface area contributed by atoms with Crippen LogP contribution in [0.2, 0.25) is 0 Å². The second-order valence-corrected chi connectivity index (χ2v) is 5.71. The minimum atomic E-state index is -0.0935. The molecular formula is C19H21N3O2. The zero-order chi connectivity index (χ0) is 16.9. The van der Waals surface area contributed by atoms with Gasteiger partial charge in [0.15, 0.2) is 0 Å². The largest absolute Gasteiger partial charge is 0.383 e. The smallest absolute Gasteiger partial charge is 0.251 e. The summed E-state index contributed by atoms with van der Waals surface area (Å²) in [7, 11) is 1.68. The lowest BCUT2D eigenvalue weighted by atomic mass is 10.1. The topological polar surface area (TPSA) is 56.1 Å². The first-order valence-corrected chi connectivity index (χ1v) is 7.97. The van der Waals surface area contributed by atoms with Gasteiger partial charge in [0.2, 0.25) is 0 Å². The summed E-state index contributed by atoms with van der Waals surface area (Å²) < 4.78 is 7.28. The SMILES string of the molecule is COCCn1c(CNC(=O)c2cccc(C)c2)nc2ccccc21. The van der Waals surface area contributed by atoms with Crippen LogP contribution in [-0.4, -0.2) is 29.2 Å². The molecule has 1 aromatic heterocycles. The molecule has 5 nitrogen and oxygen atoms in total. The summed E-state index contributed by atoms with van der Waals surface area (Å²) in [6, 6.07) is 15.5. The van der Waals surface area contributed by atoms with E-state index >= 15 is 0 Å². The number of imidazole rings is 1. The molecule has 3 rings (SSSR count). The van der Waals surface area contributed by atoms with E-state index in [1.54, 1.807) is 7.11 Å². The number of para-hydroxylation sites is 2. The van der Waals surface area contributed by atoms with E-state index in [2.05, 4.69) is 14.9 Å². The van der Waals surface area contributed by atoms with Gasteiger partial charge >= 0.3 is 0 Å². The Morgan fingerprint density at radius 1 is 1.21 bits per heavy atom. The predicted molar refractivity (Wildman–Crippen MR) is 94.0 cm³/mol. The highest BCUT2D eigenvalue weighted by Gasteiger charge is 2.12. The van der Waals surface area contributed by atoms with E-state index in [1.807, 2.05) is 55.5 Å². The Morgan fingerprint density at radius 3 is 2.83 bits per heavy atom. The van der Waals surface area contributed by atoms with Crippen molar-refractivity contribution in [1.29, 1.82) is 0 Å². The third-order valence-corrected chi connectivity index (χ3v) is 3.94. The predicted octanol–water partition coefficient (Wildman–Crippen LogP) is 2.92. The quantitative estimate of drug-likeness (QED) is 0.759. The number of aryl methyl sites for hydroxylation is 1. The number of nitrogens with one attached hydrogen (secondary N) is 1. The molecule has 124 valence electrons. The van der Waals surface area contributed by atoms with Crippen LogP contribution in [0.3, 0.4) is 0 Å². The molecule has 1 heterocycles. The van der Waals surface area contributed by atoms with Gasteiger partial charge in [-0.05, 0) is 31.2 Å². The summed E-state index contributed by atoms with van der Waals surface area (Å²) in [5.41, 5.74) is 3.70. The number of carbonyl (C=O) groups excluding carboxylic acids is 1. The van der Waals surface area contributed by atoms with Gasteiger partial charge in [0.05, 0.1) is 24.2 Å². The van der Waals surface area contributed by atoms with Crippen molar-refractivity contribution in [3.63, 3.8) is 0 Å². The first-order valence-electron chi connectivity index (χ1n) is 7.97. The summed E-state index contributed by atoms with van der Waals surface area (Å²) in [5.74, 6) is 0.735. The molecule has 0 radical (unpaired) electrons. The number of aromatic nitrogens is 2. The van der Waals surface area contributed by atoms with Crippen molar-refractivity contribution in [2.45, 2.75) is 20.0 Å². The molecule has 0 saturated heterocycles. The van der Waals surface area contributed by atoms with Crippen molar-refractivity contribution in [2.75, 3.05) is 13.7 Å². The Bertz CT molecular complexity index is 855. The summed E-state index contributed by atoms with van der Waals surface area (Å²) in [6.45, 7) is 3.65. The molecule has 0 spiro atoms. The van der Waals surface area contributed by atoms with Crippen LogP contribution < -0.4 is 5.32 Å². The molecule has 1 amide bonds. The van der Waals surface area contributed by atoms with E-state index in [0.29, 0.717) is 25.3 Å². The van der Waals surface area contributed by atoms with Crippen LogP contribution in [0, 0.1) is 6.92 Å². The standard InChI is InChI=1S/C19H21N3O2/c1-14-6-5-7-15(12-14)19(23)20-13-18-21-16-8-3-4-9-17(16)22(18)10-11-24-2/h3-9,12H,10-11,13H2,1-2H3,(H,20,23). The van der Waals surface area contributed by atoms with Gasteiger partial charge in [0.25, 0.3) is 5.91 Å². The van der Waals surface area contributed by atoms with Gasteiger partial charge in [-0.3, -0.25) is 4.79 Å². The number of benzene rings is 2. The van der Waals surface area contributed by atoms with Gasteiger partial charge < -0.3 is 14.6 Å². The molecule has 0 aliphatic heterocycles. The third kappa shape index (κ3) is 3.46. The normalized spacial score (nSPS) is 10.9. The highest BCUT2D eigenvalue weighted by Crippen LogP contribution is 2.16. The number of hydrogen-bond donors (Lipinski definition) is 1. The number of ether oxygens (including phenoxy) is 1. The first-order chi connectivity index (χ1) is 11.7. The number of amides is 1. The summed E-state index contributed by atoms with van der Waals surface area (Å²) in [6.07, 6.45) is 0. The number of nitrogens with zero attached hydrogens (tertiary/aromatic N) is 2. The van der Waals surface area contributed by atoms with E-state index in [1.165, 1.54) is 0 Å². The second kappa shape index (κ2) is 7.27. The minimum Gasteiger partial charge on any atom is -0.383 e. The van der Waals surface area contributed by atoms with Crippen molar-refractivity contribution >= 4 is 16.9 Å². The van der Waals surface area contributed by atoms with Crippen LogP contribution in [0.5, 0.6) is 0 Å². The summed E-state index contributed by atoms with van der Waals surface area (Å²) in [4.78, 5) is 17.0. The van der Waals surface area contributed by atoms with Crippen molar-refractivity contribution < 1.29 is 9.53 Å². The van der Waals surface area contributed by atoms with Crippen molar-refractivity contribution in [3.05, 3.63) is 65.5 Å². The fraction of sp³-hybridized carbons (Fsp3) is 0.263. The van der Waals surface area contributed by atoms with E-state index < -0.39 is 0 Å². The second-order valence-electron chi connectivity index (χ2n) is 5.71. The Balaban J connectivity index is 1.80. The Morgan fingerprint density at radius 2 is 2.04 bits per heavy atom. The molecule has 0 atom stereocenters. The summed E-state index contributed by atoms with van der Waals surface area (Å²) in [5, 5.41) is 2.96. The van der Waals surface area contributed by atoms with Crippen LogP contribution in [0.25, 0.3) is 11.0 Å². The van der Waals surface area contributed by atoms with Crippen molar-refractivity contribution in [3.8, 4) is 0 Å². The van der Waals surface area contributed by atoms with E-state index in [9.17, 15) is 4.79 Å². The molecule has 0 aliphatic carbocycles. The maximum Gasteiger partial charge on any atom is 0.251 e. The van der Waals surface area contributed by atoms with Crippen LogP contribution in [-0.2, 0) is 17.8 Å². The average molecular weight is 323 g/mol. The maximum absolute atomic E-state index is 12.3. The van der Waals surface area contributed by atoms with Crippen molar-refractivity contribution in [1.82, 2.24) is 14.9 Å². The van der Waals surface area contributed by atoms with Gasteiger partial charge in [-0.25, -0.2) is 4.98 Å². The monoisotopic (exact) mass is 323 g/mol. The van der Waals surface area contributed by atoms with Gasteiger partial charge in [-0.15, -0.1) is 0 Å². The number of methoxy groups -OCH3 is 1. The zero-order valence-corrected chi connectivity index (χ0v) is 14.0. The molecule has 0 bridgehead atoms. The van der Waals surface area contributed by atoms with Crippen LogP contribution in [0.4, 0.5) is 0 Å². The molecule has 3 aromatic rings. The van der Waals surface area contributed by atoms with Gasteiger partial charge in [-0.2, -0.15) is 0 Å². The molecule has 0 unspecified atom stereocenters. The number of hydrogen-bond acceptors (Lipinski definition) is 3. The van der Waals surface area contributed by atoms with E-state index in [0.717, 1.165) is 22.4 Å². The Labute approximate surface area is 141 Å². The lowest BCUT2D eigenvalue weighted by Gasteiger charge is -2.10. The molecule has 0 aliphatic rings. The Kier molecular flexibility index (Phi) is 4.91. The average Bonchev–Trinajstić information content (AvgIpc) is 2.95. The third-order valence-electron chi connectivity index (χ3n) is 3.94. The highest BCUT2D eigenvalue weighted by molar-refractivity contribution is 5.94. The molecule has 0 saturated carbocycles. The first kappa shape index (κ1) is 16.2. The lowest BCUT2D eigenvalue weighted by molar-refractivity contribution is 0.0949. The van der Waals surface area contributed by atoms with Crippen LogP contribution in [0.1, 0.15) is 21.7 Å². The number of carbonyl (C=O) groups is 1. The molecule has 24 heavy (non-hydrogen) atoms. The Hall–Kier alpha value is -2.66. The van der Waals surface area contributed by atoms with Gasteiger partial charge in [0.1, 0.15) is 5.82 Å². The van der Waals surface area contributed by atoms with E-state index in [4.69, 9.17) is 4.74 Å². The molecule has 1 N–H and O–H groups in total. The minimum absolute atomic E-state index is 0.0935. The molecular weight excluding hydrogens is 302 g/mol. The maximum atomic E-state index is 12.3. The van der Waals surface area contributed by atoms with Crippen LogP contribution >= 0.6 is 0 Å². The van der Waals surface area contributed by atoms with Crippen molar-refractivity contribution in [2.24, 2.45) is 0 Å². The fourth-order valence-corrected chi connectivity index (χ4v) is 2.74. The molecule has 0 fully saturated rings. The fourth-order valence-electron chi connectivity index (χ4n) is 2.74. The van der Waals surface area contributed by atoms with Gasteiger partial charge in [0, 0.05) is 19.2 Å².